The number of likely N-dealkylation sites (tertiary alicyclic amines) is 1. The van der Waals surface area contributed by atoms with Gasteiger partial charge in [-0.3, -0.25) is 0 Å². The standard InChI is InChI=1S/C14H19FN2/c1-17-7-5-14(6-8-17)9-10-3-2-4-11(15)12(10)13(14)16/h2-4,13H,5-9,16H2,1H3/t13-/m1/s1. The molecule has 1 aromatic carbocycles. The molecule has 1 saturated heterocycles. The van der Waals surface area contributed by atoms with Crippen LogP contribution in [-0.2, 0) is 6.42 Å². The number of nitrogens with two attached hydrogens (primary N) is 1. The van der Waals surface area contributed by atoms with E-state index in [1.807, 2.05) is 6.07 Å². The molecule has 92 valence electrons. The van der Waals surface area contributed by atoms with Crippen LogP contribution in [0.3, 0.4) is 0 Å². The fraction of sp³-hybridized carbons (Fsp3) is 0.571. The van der Waals surface area contributed by atoms with Gasteiger partial charge in [-0.1, -0.05) is 12.1 Å². The monoisotopic (exact) mass is 234 g/mol. The van der Waals surface area contributed by atoms with Crippen molar-refractivity contribution in [3.63, 3.8) is 0 Å². The van der Waals surface area contributed by atoms with E-state index in [0.717, 1.165) is 43.5 Å². The molecule has 3 heteroatoms. The molecule has 1 heterocycles. The van der Waals surface area contributed by atoms with Crippen molar-refractivity contribution in [1.82, 2.24) is 4.90 Å². The Morgan fingerprint density at radius 2 is 2.06 bits per heavy atom. The van der Waals surface area contributed by atoms with Gasteiger partial charge in [0.25, 0.3) is 0 Å². The van der Waals surface area contributed by atoms with Crippen LogP contribution in [0.5, 0.6) is 0 Å². The van der Waals surface area contributed by atoms with Crippen molar-refractivity contribution < 1.29 is 4.39 Å². The van der Waals surface area contributed by atoms with Crippen LogP contribution in [0.1, 0.15) is 30.0 Å². The first-order valence-corrected chi connectivity index (χ1v) is 6.34. The van der Waals surface area contributed by atoms with E-state index in [-0.39, 0.29) is 17.3 Å². The molecule has 2 nitrogen and oxygen atoms in total. The van der Waals surface area contributed by atoms with Gasteiger partial charge in [-0.25, -0.2) is 4.39 Å². The minimum Gasteiger partial charge on any atom is -0.323 e. The summed E-state index contributed by atoms with van der Waals surface area (Å²) in [6.07, 6.45) is 3.12. The third kappa shape index (κ3) is 1.60. The summed E-state index contributed by atoms with van der Waals surface area (Å²) in [6, 6.07) is 5.25. The first-order chi connectivity index (χ1) is 8.12. The third-order valence-corrected chi connectivity index (χ3v) is 4.64. The van der Waals surface area contributed by atoms with Gasteiger partial charge in [0.2, 0.25) is 0 Å². The van der Waals surface area contributed by atoms with Crippen LogP contribution in [0.2, 0.25) is 0 Å². The summed E-state index contributed by atoms with van der Waals surface area (Å²) in [7, 11) is 2.14. The van der Waals surface area contributed by atoms with E-state index >= 15 is 0 Å². The summed E-state index contributed by atoms with van der Waals surface area (Å²) >= 11 is 0. The molecule has 1 aromatic rings. The van der Waals surface area contributed by atoms with Gasteiger partial charge in [-0.15, -0.1) is 0 Å². The van der Waals surface area contributed by atoms with E-state index in [1.54, 1.807) is 6.07 Å². The van der Waals surface area contributed by atoms with Crippen LogP contribution in [-0.4, -0.2) is 25.0 Å². The van der Waals surface area contributed by atoms with Crippen LogP contribution in [0.25, 0.3) is 0 Å². The van der Waals surface area contributed by atoms with Gasteiger partial charge in [0.15, 0.2) is 0 Å². The highest BCUT2D eigenvalue weighted by atomic mass is 19.1. The van der Waals surface area contributed by atoms with Gasteiger partial charge in [-0.05, 0) is 56.4 Å². The first kappa shape index (κ1) is 11.2. The second-order valence-electron chi connectivity index (χ2n) is 5.63. The summed E-state index contributed by atoms with van der Waals surface area (Å²) < 4.78 is 13.9. The maximum Gasteiger partial charge on any atom is 0.128 e. The minimum atomic E-state index is -0.120. The molecule has 0 saturated carbocycles. The highest BCUT2D eigenvalue weighted by Crippen LogP contribution is 2.51. The minimum absolute atomic E-state index is 0.108. The van der Waals surface area contributed by atoms with Gasteiger partial charge in [-0.2, -0.15) is 0 Å². The quantitative estimate of drug-likeness (QED) is 0.745. The van der Waals surface area contributed by atoms with E-state index in [9.17, 15) is 4.39 Å². The van der Waals surface area contributed by atoms with Crippen LogP contribution >= 0.6 is 0 Å². The molecule has 0 bridgehead atoms. The number of fused-ring (bicyclic) bond motifs is 1. The lowest BCUT2D eigenvalue weighted by atomic mass is 9.73. The van der Waals surface area contributed by atoms with E-state index in [4.69, 9.17) is 5.73 Å². The molecule has 0 aromatic heterocycles. The number of hydrogen-bond donors (Lipinski definition) is 1. The predicted octanol–water partition coefficient (Wildman–Crippen LogP) is 2.09. The highest BCUT2D eigenvalue weighted by molar-refractivity contribution is 5.39. The van der Waals surface area contributed by atoms with Crippen molar-refractivity contribution in [2.24, 2.45) is 11.1 Å². The molecule has 1 aliphatic carbocycles. The normalized spacial score (nSPS) is 27.4. The molecule has 17 heavy (non-hydrogen) atoms. The van der Waals surface area contributed by atoms with Gasteiger partial charge in [0.1, 0.15) is 5.82 Å². The van der Waals surface area contributed by atoms with Crippen LogP contribution in [0.4, 0.5) is 4.39 Å². The number of hydrogen-bond acceptors (Lipinski definition) is 2. The Kier molecular flexibility index (Phi) is 2.49. The summed E-state index contributed by atoms with van der Waals surface area (Å²) in [4.78, 5) is 2.33. The fourth-order valence-electron chi connectivity index (χ4n) is 3.43. The average Bonchev–Trinajstić information content (AvgIpc) is 2.58. The summed E-state index contributed by atoms with van der Waals surface area (Å²) in [5.74, 6) is -0.120. The van der Waals surface area contributed by atoms with Crippen LogP contribution < -0.4 is 5.73 Å². The van der Waals surface area contributed by atoms with E-state index in [0.29, 0.717) is 0 Å². The third-order valence-electron chi connectivity index (χ3n) is 4.64. The molecule has 1 aliphatic heterocycles. The molecular weight excluding hydrogens is 215 g/mol. The summed E-state index contributed by atoms with van der Waals surface area (Å²) in [5, 5.41) is 0. The number of piperidine rings is 1. The van der Waals surface area contributed by atoms with Gasteiger partial charge in [0.05, 0.1) is 0 Å². The van der Waals surface area contributed by atoms with E-state index in [1.165, 1.54) is 6.07 Å². The van der Waals surface area contributed by atoms with Crippen molar-refractivity contribution in [1.29, 1.82) is 0 Å². The fourth-order valence-corrected chi connectivity index (χ4v) is 3.43. The van der Waals surface area contributed by atoms with E-state index in [2.05, 4.69) is 11.9 Å². The molecular formula is C14H19FN2. The Balaban J connectivity index is 1.96. The second kappa shape index (κ2) is 3.79. The van der Waals surface area contributed by atoms with Crippen molar-refractivity contribution in [2.45, 2.75) is 25.3 Å². The molecule has 3 rings (SSSR count). The number of halogens is 1. The number of benzene rings is 1. The molecule has 2 aliphatic rings. The Bertz CT molecular complexity index is 436. The molecule has 0 amide bonds. The second-order valence-corrected chi connectivity index (χ2v) is 5.63. The summed E-state index contributed by atoms with van der Waals surface area (Å²) in [6.45, 7) is 2.15. The number of nitrogens with zero attached hydrogens (tertiary/aromatic N) is 1. The lowest BCUT2D eigenvalue weighted by Crippen LogP contribution is -2.42. The van der Waals surface area contributed by atoms with Crippen molar-refractivity contribution in [2.75, 3.05) is 20.1 Å². The average molecular weight is 234 g/mol. The lowest BCUT2D eigenvalue weighted by Gasteiger charge is -2.41. The van der Waals surface area contributed by atoms with Gasteiger partial charge < -0.3 is 10.6 Å². The topological polar surface area (TPSA) is 29.3 Å². The molecule has 1 fully saturated rings. The predicted molar refractivity (Wildman–Crippen MR) is 66.2 cm³/mol. The Hall–Kier alpha value is -0.930. The van der Waals surface area contributed by atoms with Gasteiger partial charge in [0, 0.05) is 11.6 Å². The SMILES string of the molecule is CN1CCC2(CC1)Cc1cccc(F)c1[C@H]2N. The Morgan fingerprint density at radius 1 is 1.35 bits per heavy atom. The van der Waals surface area contributed by atoms with Crippen LogP contribution in [0, 0.1) is 11.2 Å². The number of rotatable bonds is 0. The lowest BCUT2D eigenvalue weighted by molar-refractivity contribution is 0.105. The maximum atomic E-state index is 13.9. The molecule has 0 unspecified atom stereocenters. The van der Waals surface area contributed by atoms with Crippen molar-refractivity contribution in [3.05, 3.63) is 35.1 Å². The molecule has 0 radical (unpaired) electrons. The Labute approximate surface area is 102 Å². The molecule has 1 spiro atoms. The molecule has 2 N–H and O–H groups in total. The largest absolute Gasteiger partial charge is 0.323 e. The smallest absolute Gasteiger partial charge is 0.128 e. The highest BCUT2D eigenvalue weighted by Gasteiger charge is 2.46. The first-order valence-electron chi connectivity index (χ1n) is 6.34. The van der Waals surface area contributed by atoms with Crippen molar-refractivity contribution >= 4 is 0 Å². The summed E-state index contributed by atoms with van der Waals surface area (Å²) in [5.41, 5.74) is 8.35. The molecule has 1 atom stereocenters. The van der Waals surface area contributed by atoms with Crippen LogP contribution in [0.15, 0.2) is 18.2 Å². The van der Waals surface area contributed by atoms with Crippen molar-refractivity contribution in [3.8, 4) is 0 Å². The zero-order valence-electron chi connectivity index (χ0n) is 10.2. The maximum absolute atomic E-state index is 13.9. The Morgan fingerprint density at radius 3 is 2.71 bits per heavy atom. The van der Waals surface area contributed by atoms with E-state index < -0.39 is 0 Å². The zero-order chi connectivity index (χ0) is 12.0. The van der Waals surface area contributed by atoms with Gasteiger partial charge >= 0.3 is 0 Å². The zero-order valence-corrected chi connectivity index (χ0v) is 10.2.